The van der Waals surface area contributed by atoms with Crippen molar-refractivity contribution in [2.75, 3.05) is 19.8 Å². The number of carbonyl (C=O) groups excluding carboxylic acids is 1. The van der Waals surface area contributed by atoms with Gasteiger partial charge < -0.3 is 14.2 Å². The van der Waals surface area contributed by atoms with Crippen molar-refractivity contribution < 1.29 is 19.0 Å². The molecule has 1 heterocycles. The summed E-state index contributed by atoms with van der Waals surface area (Å²) in [4.78, 5) is 10.4. The van der Waals surface area contributed by atoms with Crippen molar-refractivity contribution in [1.29, 1.82) is 0 Å². The molecule has 0 radical (unpaired) electrons. The lowest BCUT2D eigenvalue weighted by Gasteiger charge is -2.02. The number of hydrogen-bond acceptors (Lipinski definition) is 4. The van der Waals surface area contributed by atoms with Crippen LogP contribution in [0.5, 0.6) is 0 Å². The van der Waals surface area contributed by atoms with Crippen molar-refractivity contribution in [2.45, 2.75) is 32.5 Å². The SMILES string of the molecule is CC(=O)OCCCC#CCC1OCCO1. The van der Waals surface area contributed by atoms with Crippen LogP contribution in [-0.2, 0) is 19.0 Å². The van der Waals surface area contributed by atoms with E-state index >= 15 is 0 Å². The summed E-state index contributed by atoms with van der Waals surface area (Å²) in [7, 11) is 0. The Balaban J connectivity index is 1.94. The van der Waals surface area contributed by atoms with Crippen molar-refractivity contribution >= 4 is 5.97 Å². The van der Waals surface area contributed by atoms with Gasteiger partial charge in [0.1, 0.15) is 0 Å². The molecule has 0 saturated carbocycles. The van der Waals surface area contributed by atoms with Gasteiger partial charge in [0, 0.05) is 13.3 Å². The third-order valence-electron chi connectivity index (χ3n) is 1.84. The Hall–Kier alpha value is -1.05. The summed E-state index contributed by atoms with van der Waals surface area (Å²) in [5, 5.41) is 0. The van der Waals surface area contributed by atoms with E-state index in [-0.39, 0.29) is 12.3 Å². The Kier molecular flexibility index (Phi) is 5.83. The van der Waals surface area contributed by atoms with E-state index in [4.69, 9.17) is 14.2 Å². The molecule has 0 aromatic heterocycles. The summed E-state index contributed by atoms with van der Waals surface area (Å²) >= 11 is 0. The Morgan fingerprint density at radius 1 is 1.40 bits per heavy atom. The van der Waals surface area contributed by atoms with Gasteiger partial charge >= 0.3 is 5.97 Å². The van der Waals surface area contributed by atoms with Crippen LogP contribution in [-0.4, -0.2) is 32.1 Å². The molecule has 0 unspecified atom stereocenters. The number of unbranched alkanes of at least 4 members (excludes halogenated alkanes) is 1. The molecule has 0 spiro atoms. The highest BCUT2D eigenvalue weighted by molar-refractivity contribution is 5.65. The van der Waals surface area contributed by atoms with E-state index in [1.165, 1.54) is 6.92 Å². The third kappa shape index (κ3) is 6.10. The minimum Gasteiger partial charge on any atom is -0.466 e. The highest BCUT2D eigenvalue weighted by atomic mass is 16.7. The van der Waals surface area contributed by atoms with Crippen LogP contribution in [0.3, 0.4) is 0 Å². The number of ether oxygens (including phenoxy) is 3. The van der Waals surface area contributed by atoms with E-state index in [1.54, 1.807) is 0 Å². The van der Waals surface area contributed by atoms with Gasteiger partial charge in [-0.25, -0.2) is 0 Å². The average Bonchev–Trinajstić information content (AvgIpc) is 2.68. The fourth-order valence-corrected chi connectivity index (χ4v) is 1.15. The molecule has 0 bridgehead atoms. The minimum absolute atomic E-state index is 0.147. The van der Waals surface area contributed by atoms with Crippen LogP contribution in [0.15, 0.2) is 0 Å². The first-order valence-electron chi connectivity index (χ1n) is 5.11. The normalized spacial score (nSPS) is 15.8. The first-order valence-corrected chi connectivity index (χ1v) is 5.11. The standard InChI is InChI=1S/C11H16O4/c1-10(12)13-7-5-3-2-4-6-11-14-8-9-15-11/h11H,3,5-9H2,1H3. The molecule has 1 fully saturated rings. The molecule has 15 heavy (non-hydrogen) atoms. The Bertz CT molecular complexity index is 245. The van der Waals surface area contributed by atoms with E-state index in [9.17, 15) is 4.79 Å². The highest BCUT2D eigenvalue weighted by Crippen LogP contribution is 2.06. The van der Waals surface area contributed by atoms with Crippen LogP contribution < -0.4 is 0 Å². The molecule has 0 aromatic carbocycles. The molecule has 0 atom stereocenters. The molecule has 1 saturated heterocycles. The fraction of sp³-hybridized carbons (Fsp3) is 0.727. The number of carbonyl (C=O) groups is 1. The molecular weight excluding hydrogens is 196 g/mol. The van der Waals surface area contributed by atoms with Gasteiger partial charge in [0.05, 0.1) is 26.2 Å². The van der Waals surface area contributed by atoms with E-state index in [0.717, 1.165) is 12.8 Å². The molecule has 1 aliphatic heterocycles. The fourth-order valence-electron chi connectivity index (χ4n) is 1.15. The summed E-state index contributed by atoms with van der Waals surface area (Å²) in [5.74, 6) is 5.72. The van der Waals surface area contributed by atoms with Crippen LogP contribution in [0.4, 0.5) is 0 Å². The van der Waals surface area contributed by atoms with Crippen LogP contribution in [0.25, 0.3) is 0 Å². The van der Waals surface area contributed by atoms with E-state index < -0.39 is 0 Å². The molecule has 1 aliphatic rings. The average molecular weight is 212 g/mol. The summed E-state index contributed by atoms with van der Waals surface area (Å²) in [5.41, 5.74) is 0. The van der Waals surface area contributed by atoms with E-state index in [1.807, 2.05) is 0 Å². The second-order valence-corrected chi connectivity index (χ2v) is 3.17. The van der Waals surface area contributed by atoms with Crippen LogP contribution in [0, 0.1) is 11.8 Å². The smallest absolute Gasteiger partial charge is 0.302 e. The van der Waals surface area contributed by atoms with Crippen molar-refractivity contribution in [3.8, 4) is 11.8 Å². The lowest BCUT2D eigenvalue weighted by atomic mass is 10.3. The van der Waals surface area contributed by atoms with Crippen LogP contribution in [0.1, 0.15) is 26.2 Å². The maximum atomic E-state index is 10.4. The zero-order chi connectivity index (χ0) is 10.9. The van der Waals surface area contributed by atoms with Gasteiger partial charge in [-0.1, -0.05) is 5.92 Å². The molecule has 4 nitrogen and oxygen atoms in total. The zero-order valence-electron chi connectivity index (χ0n) is 8.95. The Morgan fingerprint density at radius 2 is 2.13 bits per heavy atom. The summed E-state index contributed by atoms with van der Waals surface area (Å²) < 4.78 is 15.2. The minimum atomic E-state index is -0.240. The third-order valence-corrected chi connectivity index (χ3v) is 1.84. The van der Waals surface area contributed by atoms with Crippen LogP contribution in [0.2, 0.25) is 0 Å². The molecule has 0 N–H and O–H groups in total. The van der Waals surface area contributed by atoms with Crippen molar-refractivity contribution in [3.63, 3.8) is 0 Å². The van der Waals surface area contributed by atoms with Gasteiger partial charge in [0.25, 0.3) is 0 Å². The molecule has 1 rings (SSSR count). The second kappa shape index (κ2) is 7.27. The first kappa shape index (κ1) is 12.0. The van der Waals surface area contributed by atoms with Gasteiger partial charge in [-0.05, 0) is 6.42 Å². The quantitative estimate of drug-likeness (QED) is 0.397. The summed E-state index contributed by atoms with van der Waals surface area (Å²) in [6.45, 7) is 3.18. The lowest BCUT2D eigenvalue weighted by Crippen LogP contribution is -2.05. The predicted octanol–water partition coefficient (Wildman–Crippen LogP) is 1.10. The van der Waals surface area contributed by atoms with Gasteiger partial charge in [0.15, 0.2) is 6.29 Å². The Labute approximate surface area is 89.9 Å². The topological polar surface area (TPSA) is 44.8 Å². The maximum Gasteiger partial charge on any atom is 0.302 e. The first-order chi connectivity index (χ1) is 7.29. The van der Waals surface area contributed by atoms with Gasteiger partial charge in [0.2, 0.25) is 0 Å². The number of rotatable bonds is 4. The van der Waals surface area contributed by atoms with Gasteiger partial charge in [-0.15, -0.1) is 5.92 Å². The molecule has 0 amide bonds. The molecular formula is C11H16O4. The van der Waals surface area contributed by atoms with E-state index in [2.05, 4.69) is 11.8 Å². The second-order valence-electron chi connectivity index (χ2n) is 3.17. The van der Waals surface area contributed by atoms with Gasteiger partial charge in [-0.3, -0.25) is 4.79 Å². The maximum absolute atomic E-state index is 10.4. The van der Waals surface area contributed by atoms with Crippen molar-refractivity contribution in [1.82, 2.24) is 0 Å². The van der Waals surface area contributed by atoms with E-state index in [0.29, 0.717) is 26.2 Å². The van der Waals surface area contributed by atoms with Crippen LogP contribution >= 0.6 is 0 Å². The molecule has 84 valence electrons. The zero-order valence-corrected chi connectivity index (χ0v) is 8.95. The summed E-state index contributed by atoms with van der Waals surface area (Å²) in [6, 6.07) is 0. The largest absolute Gasteiger partial charge is 0.466 e. The van der Waals surface area contributed by atoms with Crippen molar-refractivity contribution in [3.05, 3.63) is 0 Å². The number of esters is 1. The highest BCUT2D eigenvalue weighted by Gasteiger charge is 2.13. The number of hydrogen-bond donors (Lipinski definition) is 0. The summed E-state index contributed by atoms with van der Waals surface area (Å²) in [6.07, 6.45) is 1.98. The lowest BCUT2D eigenvalue weighted by molar-refractivity contribution is -0.141. The van der Waals surface area contributed by atoms with Crippen molar-refractivity contribution in [2.24, 2.45) is 0 Å². The monoisotopic (exact) mass is 212 g/mol. The van der Waals surface area contributed by atoms with Gasteiger partial charge in [-0.2, -0.15) is 0 Å². The Morgan fingerprint density at radius 3 is 2.80 bits per heavy atom. The predicted molar refractivity (Wildman–Crippen MR) is 54.0 cm³/mol. The molecule has 4 heteroatoms. The molecule has 0 aromatic rings. The molecule has 0 aliphatic carbocycles.